The Labute approximate surface area is 437 Å². The van der Waals surface area contributed by atoms with Gasteiger partial charge in [0.15, 0.2) is 5.84 Å². The van der Waals surface area contributed by atoms with Gasteiger partial charge in [-0.05, 0) is 88.0 Å². The second-order valence-corrected chi connectivity index (χ2v) is 20.4. The molecule has 0 amide bonds. The van der Waals surface area contributed by atoms with E-state index in [9.17, 15) is 0 Å². The molecule has 4 heterocycles. The first kappa shape index (κ1) is 43.0. The Morgan fingerprint density at radius 2 is 0.893 bits per heavy atom. The summed E-state index contributed by atoms with van der Waals surface area (Å²) in [5.74, 6) is 1.47. The minimum atomic E-state index is -0.464. The Morgan fingerprint density at radius 1 is 0.360 bits per heavy atom. The Balaban J connectivity index is 0.909. The Morgan fingerprint density at radius 3 is 1.65 bits per heavy atom. The summed E-state index contributed by atoms with van der Waals surface area (Å²) in [6.45, 7) is 0. The van der Waals surface area contributed by atoms with Crippen LogP contribution in [0, 0.1) is 0 Å². The topological polar surface area (TPSA) is 46.6 Å². The van der Waals surface area contributed by atoms with Crippen LogP contribution in [0.1, 0.15) is 22.9 Å². The van der Waals surface area contributed by atoms with Crippen LogP contribution in [0.2, 0.25) is 0 Å². The zero-order valence-electron chi connectivity index (χ0n) is 40.6. The number of aliphatic imine (C=N–C) groups is 2. The quantitative estimate of drug-likeness (QED) is 0.162. The molecule has 1 aliphatic heterocycles. The summed E-state index contributed by atoms with van der Waals surface area (Å²) >= 11 is 1.82. The van der Waals surface area contributed by atoms with Gasteiger partial charge in [-0.2, -0.15) is 0 Å². The van der Waals surface area contributed by atoms with Crippen LogP contribution >= 0.6 is 11.3 Å². The summed E-state index contributed by atoms with van der Waals surface area (Å²) in [7, 11) is 0. The molecular formula is C69H45N5S. The van der Waals surface area contributed by atoms with Crippen LogP contribution in [0.5, 0.6) is 0 Å². The van der Waals surface area contributed by atoms with Crippen molar-refractivity contribution >= 4 is 86.8 Å². The summed E-state index contributed by atoms with van der Waals surface area (Å²) in [5.41, 5.74) is 16.9. The number of thiophene rings is 1. The van der Waals surface area contributed by atoms with E-state index in [1.54, 1.807) is 0 Å². The van der Waals surface area contributed by atoms with Gasteiger partial charge in [0.1, 0.15) is 12.0 Å². The van der Waals surface area contributed by atoms with E-state index in [-0.39, 0.29) is 0 Å². The van der Waals surface area contributed by atoms with Crippen molar-refractivity contribution in [1.29, 1.82) is 0 Å². The van der Waals surface area contributed by atoms with Crippen molar-refractivity contribution in [3.8, 4) is 44.8 Å². The molecule has 15 rings (SSSR count). The van der Waals surface area contributed by atoms with Crippen molar-refractivity contribution in [3.05, 3.63) is 278 Å². The fraction of sp³-hybridized carbons (Fsp3) is 0.0145. The fourth-order valence-electron chi connectivity index (χ4n) is 11.6. The van der Waals surface area contributed by atoms with Gasteiger partial charge < -0.3 is 14.5 Å². The van der Waals surface area contributed by atoms with Gasteiger partial charge in [-0.1, -0.05) is 206 Å². The molecule has 1 unspecified atom stereocenters. The van der Waals surface area contributed by atoms with Crippen LogP contribution in [-0.2, 0) is 0 Å². The minimum absolute atomic E-state index is 0.464. The highest BCUT2D eigenvalue weighted by molar-refractivity contribution is 7.25. The van der Waals surface area contributed by atoms with Crippen LogP contribution in [-0.4, -0.2) is 20.8 Å². The summed E-state index contributed by atoms with van der Waals surface area (Å²) in [5, 5.41) is 11.2. The number of rotatable bonds is 8. The number of nitrogens with zero attached hydrogens (tertiary/aromatic N) is 4. The minimum Gasteiger partial charge on any atom is -0.344 e. The molecule has 14 aromatic rings. The molecule has 1 atom stereocenters. The first-order valence-electron chi connectivity index (χ1n) is 25.5. The van der Waals surface area contributed by atoms with Crippen LogP contribution in [0.15, 0.2) is 271 Å². The number of hydrogen-bond acceptors (Lipinski definition) is 4. The number of fused-ring (bicyclic) bond motifs is 9. The van der Waals surface area contributed by atoms with Crippen molar-refractivity contribution in [3.63, 3.8) is 0 Å². The third kappa shape index (κ3) is 7.14. The standard InChI is InChI=1S/C69H45N5S/c1-4-18-44(19-5-1)46-34-36-47(37-35-46)67-70-68(49-39-40-52-51-24-12-15-33-63(51)75-64(52)43-49)72-69(71-67)57-26-11-14-30-59(57)74-58-29-13-10-25-55(58)65-53(28-17-32-61(65)74)54-27-16-31-60-66(54)56-41-38-48(45-20-6-2-7-21-45)42-62(56)73(60)50-22-8-3-9-23-50/h1-43,69H,(H,70,71,72). The number of aromatic nitrogens is 2. The van der Waals surface area contributed by atoms with E-state index < -0.39 is 6.17 Å². The van der Waals surface area contributed by atoms with Crippen molar-refractivity contribution in [1.82, 2.24) is 14.5 Å². The molecule has 6 heteroatoms. The van der Waals surface area contributed by atoms with Gasteiger partial charge in [0.25, 0.3) is 0 Å². The van der Waals surface area contributed by atoms with Gasteiger partial charge >= 0.3 is 0 Å². The molecule has 0 radical (unpaired) electrons. The lowest BCUT2D eigenvalue weighted by molar-refractivity contribution is 0.671. The molecule has 0 saturated heterocycles. The molecular weight excluding hydrogens is 931 g/mol. The maximum absolute atomic E-state index is 5.51. The number of hydrogen-bond donors (Lipinski definition) is 1. The molecule has 11 aromatic carbocycles. The first-order chi connectivity index (χ1) is 37.2. The summed E-state index contributed by atoms with van der Waals surface area (Å²) < 4.78 is 7.38. The van der Waals surface area contributed by atoms with E-state index in [4.69, 9.17) is 9.98 Å². The number of para-hydroxylation sites is 3. The highest BCUT2D eigenvalue weighted by Gasteiger charge is 2.27. The van der Waals surface area contributed by atoms with Crippen LogP contribution in [0.3, 0.4) is 0 Å². The molecule has 0 saturated carbocycles. The maximum Gasteiger partial charge on any atom is 0.159 e. The van der Waals surface area contributed by atoms with Crippen molar-refractivity contribution < 1.29 is 0 Å². The lowest BCUT2D eigenvalue weighted by Gasteiger charge is -2.26. The molecule has 0 fully saturated rings. The second-order valence-electron chi connectivity index (χ2n) is 19.3. The van der Waals surface area contributed by atoms with Gasteiger partial charge in [0, 0.05) is 64.1 Å². The molecule has 0 bridgehead atoms. The van der Waals surface area contributed by atoms with Crippen molar-refractivity contribution in [2.45, 2.75) is 6.17 Å². The highest BCUT2D eigenvalue weighted by atomic mass is 32.1. The third-order valence-electron chi connectivity index (χ3n) is 15.0. The van der Waals surface area contributed by atoms with Crippen molar-refractivity contribution in [2.24, 2.45) is 9.98 Å². The van der Waals surface area contributed by atoms with E-state index in [0.717, 1.165) is 50.5 Å². The van der Waals surface area contributed by atoms with E-state index in [0.29, 0.717) is 5.84 Å². The number of nitrogens with one attached hydrogen (secondary N) is 1. The van der Waals surface area contributed by atoms with Gasteiger partial charge in [0.05, 0.1) is 27.8 Å². The van der Waals surface area contributed by atoms with Gasteiger partial charge in [-0.25, -0.2) is 9.98 Å². The Kier molecular flexibility index (Phi) is 10.1. The Hall–Kier alpha value is -9.62. The maximum atomic E-state index is 5.51. The predicted molar refractivity (Wildman–Crippen MR) is 316 cm³/mol. The SMILES string of the molecule is c1ccc(-c2ccc(C3=NC(c4ccccc4-n4c5ccccc5c5c(-c6cccc7c6c6ccc(-c8ccccc8)cc6n7-c6ccccc6)cccc54)NC(c4ccc5c(c4)sc4ccccc45)=N3)cc2)cc1. The summed E-state index contributed by atoms with van der Waals surface area (Å²) in [4.78, 5) is 10.9. The van der Waals surface area contributed by atoms with Gasteiger partial charge in [-0.15, -0.1) is 11.3 Å². The molecule has 1 N–H and O–H groups in total. The monoisotopic (exact) mass is 975 g/mol. The fourth-order valence-corrected chi connectivity index (χ4v) is 12.7. The number of benzene rings is 11. The molecule has 3 aromatic heterocycles. The first-order valence-corrected chi connectivity index (χ1v) is 26.3. The summed E-state index contributed by atoms with van der Waals surface area (Å²) in [6, 6.07) is 94.2. The lowest BCUT2D eigenvalue weighted by atomic mass is 9.95. The smallest absolute Gasteiger partial charge is 0.159 e. The van der Waals surface area contributed by atoms with E-state index in [1.807, 2.05) is 11.3 Å². The van der Waals surface area contributed by atoms with E-state index >= 15 is 0 Å². The van der Waals surface area contributed by atoms with E-state index in [1.165, 1.54) is 80.6 Å². The van der Waals surface area contributed by atoms with E-state index in [2.05, 4.69) is 275 Å². The predicted octanol–water partition coefficient (Wildman–Crippen LogP) is 17.7. The molecule has 352 valence electrons. The van der Waals surface area contributed by atoms with Crippen LogP contribution in [0.4, 0.5) is 0 Å². The normalized spacial score (nSPS) is 13.7. The van der Waals surface area contributed by atoms with Crippen LogP contribution in [0.25, 0.3) is 109 Å². The zero-order chi connectivity index (χ0) is 49.4. The van der Waals surface area contributed by atoms with Crippen molar-refractivity contribution in [2.75, 3.05) is 0 Å². The van der Waals surface area contributed by atoms with Gasteiger partial charge in [-0.3, -0.25) is 0 Å². The number of amidine groups is 2. The molecule has 0 spiro atoms. The molecule has 1 aliphatic rings. The lowest BCUT2D eigenvalue weighted by Crippen LogP contribution is -2.34. The zero-order valence-corrected chi connectivity index (χ0v) is 41.4. The summed E-state index contributed by atoms with van der Waals surface area (Å²) in [6.07, 6.45) is -0.464. The third-order valence-corrected chi connectivity index (χ3v) is 16.2. The van der Waals surface area contributed by atoms with Gasteiger partial charge in [0.2, 0.25) is 0 Å². The average Bonchev–Trinajstić information content (AvgIpc) is 4.15. The highest BCUT2D eigenvalue weighted by Crippen LogP contribution is 2.45. The molecule has 5 nitrogen and oxygen atoms in total. The molecule has 75 heavy (non-hydrogen) atoms. The molecule has 0 aliphatic carbocycles. The average molecular weight is 976 g/mol. The second kappa shape index (κ2) is 17.6. The Bertz CT molecular complexity index is 4600. The van der Waals surface area contributed by atoms with Crippen LogP contribution < -0.4 is 5.32 Å². The largest absolute Gasteiger partial charge is 0.344 e.